The molecule has 2 N–H and O–H groups in total. The molecule has 0 bridgehead atoms. The Labute approximate surface area is 99.0 Å². The SMILES string of the molecule is Cc1cnc(=O)n(Cc2cccnc2CN)c1. The molecule has 0 aliphatic heterocycles. The second-order valence-electron chi connectivity index (χ2n) is 3.86. The molecule has 0 amide bonds. The van der Waals surface area contributed by atoms with Gasteiger partial charge in [0.15, 0.2) is 0 Å². The van der Waals surface area contributed by atoms with Crippen molar-refractivity contribution < 1.29 is 0 Å². The van der Waals surface area contributed by atoms with E-state index in [1.165, 1.54) is 0 Å². The number of hydrogen-bond acceptors (Lipinski definition) is 4. The zero-order chi connectivity index (χ0) is 12.3. The van der Waals surface area contributed by atoms with Gasteiger partial charge in [-0.1, -0.05) is 6.07 Å². The largest absolute Gasteiger partial charge is 0.347 e. The van der Waals surface area contributed by atoms with Gasteiger partial charge in [0.05, 0.1) is 12.2 Å². The summed E-state index contributed by atoms with van der Waals surface area (Å²) in [6, 6.07) is 3.76. The smallest absolute Gasteiger partial charge is 0.325 e. The van der Waals surface area contributed by atoms with Crippen LogP contribution >= 0.6 is 0 Å². The summed E-state index contributed by atoms with van der Waals surface area (Å²) < 4.78 is 1.56. The summed E-state index contributed by atoms with van der Waals surface area (Å²) in [4.78, 5) is 19.5. The number of nitrogens with two attached hydrogens (primary N) is 1. The molecule has 2 aromatic rings. The first kappa shape index (κ1) is 11.5. The summed E-state index contributed by atoms with van der Waals surface area (Å²) in [6.45, 7) is 2.72. The molecular formula is C12H14N4O. The number of pyridine rings is 1. The van der Waals surface area contributed by atoms with Crippen molar-refractivity contribution in [1.29, 1.82) is 0 Å². The maximum Gasteiger partial charge on any atom is 0.347 e. The van der Waals surface area contributed by atoms with Gasteiger partial charge < -0.3 is 5.73 Å². The van der Waals surface area contributed by atoms with Gasteiger partial charge in [0.25, 0.3) is 0 Å². The standard InChI is InChI=1S/C12H14N4O/c1-9-6-15-12(17)16(7-9)8-10-3-2-4-14-11(10)5-13/h2-4,6-7H,5,8,13H2,1H3. The van der Waals surface area contributed by atoms with Crippen LogP contribution in [0.3, 0.4) is 0 Å². The highest BCUT2D eigenvalue weighted by molar-refractivity contribution is 5.20. The lowest BCUT2D eigenvalue weighted by molar-refractivity contribution is 0.709. The zero-order valence-corrected chi connectivity index (χ0v) is 9.63. The van der Waals surface area contributed by atoms with E-state index in [-0.39, 0.29) is 5.69 Å². The van der Waals surface area contributed by atoms with E-state index in [0.29, 0.717) is 13.1 Å². The highest BCUT2D eigenvalue weighted by Gasteiger charge is 2.04. The van der Waals surface area contributed by atoms with Gasteiger partial charge in [-0.3, -0.25) is 9.55 Å². The highest BCUT2D eigenvalue weighted by Crippen LogP contribution is 2.06. The minimum Gasteiger partial charge on any atom is -0.325 e. The molecule has 0 saturated carbocycles. The van der Waals surface area contributed by atoms with E-state index in [4.69, 9.17) is 5.73 Å². The molecule has 5 heteroatoms. The molecule has 0 aliphatic carbocycles. The maximum absolute atomic E-state index is 11.6. The van der Waals surface area contributed by atoms with Crippen molar-refractivity contribution in [3.8, 4) is 0 Å². The fourth-order valence-electron chi connectivity index (χ4n) is 1.66. The summed E-state index contributed by atoms with van der Waals surface area (Å²) in [7, 11) is 0. The highest BCUT2D eigenvalue weighted by atomic mass is 16.1. The van der Waals surface area contributed by atoms with Crippen LogP contribution < -0.4 is 11.4 Å². The second-order valence-corrected chi connectivity index (χ2v) is 3.86. The normalized spacial score (nSPS) is 10.5. The predicted molar refractivity (Wildman–Crippen MR) is 64.5 cm³/mol. The van der Waals surface area contributed by atoms with E-state index in [9.17, 15) is 4.79 Å². The monoisotopic (exact) mass is 230 g/mol. The molecule has 0 atom stereocenters. The van der Waals surface area contributed by atoms with E-state index < -0.39 is 0 Å². The lowest BCUT2D eigenvalue weighted by atomic mass is 10.2. The van der Waals surface area contributed by atoms with E-state index in [2.05, 4.69) is 9.97 Å². The fourth-order valence-corrected chi connectivity index (χ4v) is 1.66. The number of rotatable bonds is 3. The van der Waals surface area contributed by atoms with Crippen LogP contribution in [-0.4, -0.2) is 14.5 Å². The summed E-state index contributed by atoms with van der Waals surface area (Å²) in [5.74, 6) is 0. The number of aryl methyl sites for hydroxylation is 1. The Kier molecular flexibility index (Phi) is 3.30. The molecule has 0 aliphatic rings. The van der Waals surface area contributed by atoms with Crippen LogP contribution in [0.25, 0.3) is 0 Å². The minimum absolute atomic E-state index is 0.262. The van der Waals surface area contributed by atoms with Crippen molar-refractivity contribution >= 4 is 0 Å². The van der Waals surface area contributed by atoms with Crippen LogP contribution in [0.4, 0.5) is 0 Å². The van der Waals surface area contributed by atoms with Gasteiger partial charge >= 0.3 is 5.69 Å². The Balaban J connectivity index is 2.37. The molecule has 2 rings (SSSR count). The van der Waals surface area contributed by atoms with Crippen molar-refractivity contribution in [3.05, 3.63) is 58.0 Å². The van der Waals surface area contributed by atoms with Crippen molar-refractivity contribution in [1.82, 2.24) is 14.5 Å². The zero-order valence-electron chi connectivity index (χ0n) is 9.63. The average Bonchev–Trinajstić information content (AvgIpc) is 2.34. The number of hydrogen-bond donors (Lipinski definition) is 1. The fraction of sp³-hybridized carbons (Fsp3) is 0.250. The summed E-state index contributed by atoms with van der Waals surface area (Å²) >= 11 is 0. The molecule has 5 nitrogen and oxygen atoms in total. The van der Waals surface area contributed by atoms with Crippen LogP contribution in [0.1, 0.15) is 16.8 Å². The first-order chi connectivity index (χ1) is 8.20. The van der Waals surface area contributed by atoms with Crippen LogP contribution in [-0.2, 0) is 13.1 Å². The van der Waals surface area contributed by atoms with Gasteiger partial charge in [0, 0.05) is 25.1 Å². The Morgan fingerprint density at radius 1 is 1.41 bits per heavy atom. The molecule has 0 unspecified atom stereocenters. The van der Waals surface area contributed by atoms with Gasteiger partial charge in [-0.2, -0.15) is 0 Å². The van der Waals surface area contributed by atoms with Crippen molar-refractivity contribution in [3.63, 3.8) is 0 Å². The topological polar surface area (TPSA) is 73.8 Å². The molecule has 0 saturated heterocycles. The lowest BCUT2D eigenvalue weighted by Crippen LogP contribution is -2.23. The molecule has 17 heavy (non-hydrogen) atoms. The van der Waals surface area contributed by atoms with Crippen molar-refractivity contribution in [2.24, 2.45) is 5.73 Å². The summed E-state index contributed by atoms with van der Waals surface area (Å²) in [6.07, 6.45) is 5.04. The number of nitrogens with zero attached hydrogens (tertiary/aromatic N) is 3. The number of aromatic nitrogens is 3. The Morgan fingerprint density at radius 3 is 3.00 bits per heavy atom. The molecule has 0 fully saturated rings. The molecule has 0 radical (unpaired) electrons. The second kappa shape index (κ2) is 4.88. The van der Waals surface area contributed by atoms with Crippen molar-refractivity contribution in [2.75, 3.05) is 0 Å². The Bertz CT molecular complexity index is 577. The lowest BCUT2D eigenvalue weighted by Gasteiger charge is -2.08. The molecule has 0 aromatic carbocycles. The molecule has 2 heterocycles. The van der Waals surface area contributed by atoms with Crippen LogP contribution in [0.2, 0.25) is 0 Å². The van der Waals surface area contributed by atoms with Crippen LogP contribution in [0, 0.1) is 6.92 Å². The van der Waals surface area contributed by atoms with E-state index in [1.807, 2.05) is 19.1 Å². The molecular weight excluding hydrogens is 216 g/mol. The molecule has 2 aromatic heterocycles. The summed E-state index contributed by atoms with van der Waals surface area (Å²) in [5, 5.41) is 0. The van der Waals surface area contributed by atoms with Crippen LogP contribution in [0.15, 0.2) is 35.5 Å². The average molecular weight is 230 g/mol. The minimum atomic E-state index is -0.262. The Morgan fingerprint density at radius 2 is 2.24 bits per heavy atom. The van der Waals surface area contributed by atoms with Crippen LogP contribution in [0.5, 0.6) is 0 Å². The van der Waals surface area contributed by atoms with Gasteiger partial charge in [-0.05, 0) is 24.1 Å². The van der Waals surface area contributed by atoms with E-state index in [0.717, 1.165) is 16.8 Å². The maximum atomic E-state index is 11.6. The Hall–Kier alpha value is -2.01. The summed E-state index contributed by atoms with van der Waals surface area (Å²) in [5.41, 5.74) is 8.05. The third-order valence-corrected chi connectivity index (χ3v) is 2.50. The van der Waals surface area contributed by atoms with Gasteiger partial charge in [0.2, 0.25) is 0 Å². The van der Waals surface area contributed by atoms with E-state index in [1.54, 1.807) is 23.2 Å². The third-order valence-electron chi connectivity index (χ3n) is 2.50. The quantitative estimate of drug-likeness (QED) is 0.831. The van der Waals surface area contributed by atoms with E-state index >= 15 is 0 Å². The first-order valence-corrected chi connectivity index (χ1v) is 5.36. The molecule has 88 valence electrons. The molecule has 0 spiro atoms. The van der Waals surface area contributed by atoms with Crippen molar-refractivity contribution in [2.45, 2.75) is 20.0 Å². The van der Waals surface area contributed by atoms with Gasteiger partial charge in [-0.25, -0.2) is 9.78 Å². The first-order valence-electron chi connectivity index (χ1n) is 5.36. The van der Waals surface area contributed by atoms with Gasteiger partial charge in [0.1, 0.15) is 0 Å². The predicted octanol–water partition coefficient (Wildman–Crippen LogP) is 0.454. The third kappa shape index (κ3) is 2.57. The van der Waals surface area contributed by atoms with Gasteiger partial charge in [-0.15, -0.1) is 0 Å².